The predicted molar refractivity (Wildman–Crippen MR) is 55.9 cm³/mol. The quantitative estimate of drug-likeness (QED) is 0.343. The van der Waals surface area contributed by atoms with E-state index in [0.717, 1.165) is 5.16 Å². The number of hydrogen-bond acceptors (Lipinski definition) is 4. The highest BCUT2D eigenvalue weighted by molar-refractivity contribution is 7.98. The van der Waals surface area contributed by atoms with Crippen LogP contribution in [-0.4, -0.2) is 26.2 Å². The monoisotopic (exact) mass is 232 g/mol. The summed E-state index contributed by atoms with van der Waals surface area (Å²) >= 11 is 12.2. The number of imidazole rings is 1. The molecule has 2 heterocycles. The second-order valence-electron chi connectivity index (χ2n) is 2.30. The maximum Gasteiger partial charge on any atom is 0.202 e. The van der Waals surface area contributed by atoms with E-state index in [-0.39, 0.29) is 0 Å². The van der Waals surface area contributed by atoms with Gasteiger partial charge in [0.1, 0.15) is 5.52 Å². The summed E-state index contributed by atoms with van der Waals surface area (Å²) in [7, 11) is 0. The molecule has 0 radical (unpaired) electrons. The zero-order valence-corrected chi connectivity index (χ0v) is 8.98. The second kappa shape index (κ2) is 3.28. The zero-order valence-electron chi connectivity index (χ0n) is 6.59. The normalized spacial score (nSPS) is 10.9. The first-order valence-corrected chi connectivity index (χ1v) is 5.41. The highest BCUT2D eigenvalue weighted by atomic mass is 35.5. The lowest BCUT2D eigenvalue weighted by Gasteiger charge is -1.94. The molecule has 0 saturated carbocycles. The molecule has 0 amide bonds. The fourth-order valence-electron chi connectivity index (χ4n) is 0.964. The van der Waals surface area contributed by atoms with Gasteiger partial charge in [-0.05, 0) is 17.9 Å². The average molecular weight is 233 g/mol. The fourth-order valence-corrected chi connectivity index (χ4v) is 1.82. The molecule has 0 spiro atoms. The third-order valence-corrected chi connectivity index (χ3v) is 2.57. The molecule has 2 aromatic heterocycles. The van der Waals surface area contributed by atoms with E-state index in [1.165, 1.54) is 11.8 Å². The van der Waals surface area contributed by atoms with Crippen molar-refractivity contribution in [2.24, 2.45) is 0 Å². The lowest BCUT2D eigenvalue weighted by molar-refractivity contribution is 0.987. The Balaban J connectivity index is 2.83. The van der Waals surface area contributed by atoms with E-state index in [4.69, 9.17) is 23.8 Å². The molecule has 13 heavy (non-hydrogen) atoms. The number of fused-ring (bicyclic) bond motifs is 1. The second-order valence-corrected chi connectivity index (χ2v) is 3.84. The Kier molecular flexibility index (Phi) is 2.27. The van der Waals surface area contributed by atoms with Gasteiger partial charge in [-0.2, -0.15) is 4.98 Å². The maximum atomic E-state index is 5.68. The van der Waals surface area contributed by atoms with Crippen LogP contribution >= 0.6 is 35.6 Å². The minimum atomic E-state index is 0.317. The molecule has 68 valence electrons. The highest BCUT2D eigenvalue weighted by Gasteiger charge is 2.04. The van der Waals surface area contributed by atoms with Gasteiger partial charge >= 0.3 is 0 Å². The topological polar surface area (TPSA) is 57.4 Å². The first-order chi connectivity index (χ1) is 6.20. The van der Waals surface area contributed by atoms with Gasteiger partial charge in [0.05, 0.1) is 0 Å². The Morgan fingerprint density at radius 3 is 2.85 bits per heavy atom. The molecule has 2 N–H and O–H groups in total. The molecule has 0 aliphatic rings. The fraction of sp³-hybridized carbons (Fsp3) is 0.167. The van der Waals surface area contributed by atoms with Crippen LogP contribution in [-0.2, 0) is 0 Å². The molecule has 7 heteroatoms. The van der Waals surface area contributed by atoms with Gasteiger partial charge in [0, 0.05) is 0 Å². The van der Waals surface area contributed by atoms with Crippen LogP contribution in [0.4, 0.5) is 0 Å². The maximum absolute atomic E-state index is 5.68. The van der Waals surface area contributed by atoms with Gasteiger partial charge in [0.25, 0.3) is 0 Å². The number of aromatic nitrogens is 4. The van der Waals surface area contributed by atoms with Crippen LogP contribution in [0.15, 0.2) is 5.16 Å². The Hall–Kier alpha value is -0.590. The molecule has 4 nitrogen and oxygen atoms in total. The number of H-pyrrole nitrogens is 2. The SMILES string of the molecule is CSc1nc(=S)c2[nH]c(Cl)nc2[nH]1. The van der Waals surface area contributed by atoms with Crippen LogP contribution in [0.2, 0.25) is 5.28 Å². The summed E-state index contributed by atoms with van der Waals surface area (Å²) < 4.78 is 0.484. The first kappa shape index (κ1) is 8.98. The van der Waals surface area contributed by atoms with Crippen molar-refractivity contribution in [1.82, 2.24) is 19.9 Å². The Morgan fingerprint density at radius 2 is 2.15 bits per heavy atom. The Bertz CT molecular complexity index is 503. The molecule has 0 aliphatic carbocycles. The van der Waals surface area contributed by atoms with Crippen molar-refractivity contribution in [2.45, 2.75) is 5.16 Å². The van der Waals surface area contributed by atoms with Crippen molar-refractivity contribution in [3.05, 3.63) is 9.92 Å². The summed E-state index contributed by atoms with van der Waals surface area (Å²) in [5, 5.41) is 1.05. The molecule has 0 unspecified atom stereocenters. The molecule has 2 rings (SSSR count). The van der Waals surface area contributed by atoms with Gasteiger partial charge in [-0.25, -0.2) is 4.98 Å². The molecule has 2 aromatic rings. The van der Waals surface area contributed by atoms with Crippen molar-refractivity contribution >= 4 is 46.7 Å². The van der Waals surface area contributed by atoms with Crippen LogP contribution in [0.25, 0.3) is 11.2 Å². The average Bonchev–Trinajstić information content (AvgIpc) is 2.46. The van der Waals surface area contributed by atoms with Gasteiger partial charge in [-0.1, -0.05) is 24.0 Å². The predicted octanol–water partition coefficient (Wildman–Crippen LogP) is 2.39. The summed E-state index contributed by atoms with van der Waals surface area (Å²) in [6, 6.07) is 0. The van der Waals surface area contributed by atoms with Crippen molar-refractivity contribution in [2.75, 3.05) is 6.26 Å². The van der Waals surface area contributed by atoms with Crippen LogP contribution in [0, 0.1) is 4.64 Å². The van der Waals surface area contributed by atoms with Crippen molar-refractivity contribution in [3.8, 4) is 0 Å². The Morgan fingerprint density at radius 1 is 1.38 bits per heavy atom. The highest BCUT2D eigenvalue weighted by Crippen LogP contribution is 2.16. The van der Waals surface area contributed by atoms with Crippen molar-refractivity contribution < 1.29 is 0 Å². The number of nitrogens with one attached hydrogen (secondary N) is 2. The first-order valence-electron chi connectivity index (χ1n) is 3.40. The van der Waals surface area contributed by atoms with Crippen LogP contribution < -0.4 is 0 Å². The Labute approximate surface area is 88.1 Å². The van der Waals surface area contributed by atoms with E-state index in [1.807, 2.05) is 6.26 Å². The van der Waals surface area contributed by atoms with Gasteiger partial charge in [0.2, 0.25) is 5.28 Å². The molecule has 0 bridgehead atoms. The lowest BCUT2D eigenvalue weighted by atomic mass is 10.6. The summed E-state index contributed by atoms with van der Waals surface area (Å²) in [5.41, 5.74) is 1.33. The van der Waals surface area contributed by atoms with Gasteiger partial charge in [-0.3, -0.25) is 0 Å². The molecular weight excluding hydrogens is 228 g/mol. The molecule has 0 atom stereocenters. The molecular formula is C6H5ClN4S2. The zero-order chi connectivity index (χ0) is 9.42. The summed E-state index contributed by atoms with van der Waals surface area (Å²) in [6.45, 7) is 0. The molecule has 0 saturated heterocycles. The largest absolute Gasteiger partial charge is 0.325 e. The van der Waals surface area contributed by atoms with E-state index in [2.05, 4.69) is 19.9 Å². The van der Waals surface area contributed by atoms with Crippen LogP contribution in [0.1, 0.15) is 0 Å². The number of nitrogens with zero attached hydrogens (tertiary/aromatic N) is 2. The molecule has 0 aliphatic heterocycles. The number of rotatable bonds is 1. The van der Waals surface area contributed by atoms with Crippen LogP contribution in [0.5, 0.6) is 0 Å². The number of halogens is 1. The van der Waals surface area contributed by atoms with Crippen molar-refractivity contribution in [3.63, 3.8) is 0 Å². The van der Waals surface area contributed by atoms with Gasteiger partial charge in [-0.15, -0.1) is 0 Å². The number of thioether (sulfide) groups is 1. The van der Waals surface area contributed by atoms with E-state index in [9.17, 15) is 0 Å². The third-order valence-electron chi connectivity index (χ3n) is 1.51. The van der Waals surface area contributed by atoms with E-state index >= 15 is 0 Å². The molecule has 0 aromatic carbocycles. The summed E-state index contributed by atoms with van der Waals surface area (Å²) in [6.07, 6.45) is 1.91. The van der Waals surface area contributed by atoms with Crippen LogP contribution in [0.3, 0.4) is 0 Å². The minimum Gasteiger partial charge on any atom is -0.325 e. The lowest BCUT2D eigenvalue weighted by Crippen LogP contribution is -1.87. The number of hydrogen-bond donors (Lipinski definition) is 2. The van der Waals surface area contributed by atoms with E-state index in [0.29, 0.717) is 21.1 Å². The van der Waals surface area contributed by atoms with E-state index < -0.39 is 0 Å². The summed E-state index contributed by atoms with van der Waals surface area (Å²) in [5.74, 6) is 0. The van der Waals surface area contributed by atoms with E-state index in [1.54, 1.807) is 0 Å². The van der Waals surface area contributed by atoms with Gasteiger partial charge < -0.3 is 9.97 Å². The van der Waals surface area contributed by atoms with Crippen molar-refractivity contribution in [1.29, 1.82) is 0 Å². The smallest absolute Gasteiger partial charge is 0.202 e. The minimum absolute atomic E-state index is 0.317. The van der Waals surface area contributed by atoms with Gasteiger partial charge in [0.15, 0.2) is 15.4 Å². The summed E-state index contributed by atoms with van der Waals surface area (Å²) in [4.78, 5) is 14.0. The standard InChI is InChI=1S/C6H5ClN4S2/c1-13-6-10-3-2(4(12)11-6)8-5(7)9-3/h1H3,(H2,8,9,10,11,12). The number of aromatic amines is 2. The third kappa shape index (κ3) is 1.56. The molecule has 0 fully saturated rings.